The van der Waals surface area contributed by atoms with Crippen LogP contribution in [0.3, 0.4) is 0 Å². The number of hydrogen-bond acceptors (Lipinski definition) is 9. The van der Waals surface area contributed by atoms with Crippen LogP contribution in [0.2, 0.25) is 0 Å². The molecule has 0 bridgehead atoms. The maximum Gasteiger partial charge on any atom is 1.00 e. The van der Waals surface area contributed by atoms with Gasteiger partial charge in [0, 0.05) is 6.42 Å². The predicted octanol–water partition coefficient (Wildman–Crippen LogP) is -6.50. The van der Waals surface area contributed by atoms with Crippen molar-refractivity contribution in [3.63, 3.8) is 0 Å². The van der Waals surface area contributed by atoms with Gasteiger partial charge in [0.2, 0.25) is 4.93 Å². The molecule has 0 fully saturated rings. The van der Waals surface area contributed by atoms with E-state index in [1.807, 2.05) is 0 Å². The van der Waals surface area contributed by atoms with Gasteiger partial charge in [0.15, 0.2) is 0 Å². The van der Waals surface area contributed by atoms with Gasteiger partial charge in [-0.05, 0) is 34.5 Å². The van der Waals surface area contributed by atoms with Gasteiger partial charge in [-0.1, -0.05) is 6.07 Å². The summed E-state index contributed by atoms with van der Waals surface area (Å²) in [6.45, 7) is 0. The van der Waals surface area contributed by atoms with Crippen molar-refractivity contribution in [2.75, 3.05) is 0 Å². The fourth-order valence-corrected chi connectivity index (χ4v) is 3.16. The summed E-state index contributed by atoms with van der Waals surface area (Å²) >= 11 is 0. The zero-order valence-corrected chi connectivity index (χ0v) is 17.7. The molecular weight excluding hydrogens is 372 g/mol. The molecule has 1 aliphatic rings. The smallest absolute Gasteiger partial charge is 0.745 e. The molecular formula is C10H7NNa2O8S2. The average molecular weight is 379 g/mol. The normalized spacial score (nSPS) is 20.4. The van der Waals surface area contributed by atoms with Crippen molar-refractivity contribution in [2.45, 2.75) is 16.2 Å². The molecule has 0 saturated heterocycles. The van der Waals surface area contributed by atoms with E-state index < -0.39 is 42.2 Å². The van der Waals surface area contributed by atoms with Crippen LogP contribution in [0.4, 0.5) is 0 Å². The van der Waals surface area contributed by atoms with E-state index in [4.69, 9.17) is 0 Å². The van der Waals surface area contributed by atoms with Crippen LogP contribution >= 0.6 is 0 Å². The topological polar surface area (TPSA) is 164 Å². The molecule has 0 spiro atoms. The first-order valence-electron chi connectivity index (χ1n) is 5.31. The maximum absolute atomic E-state index is 11.1. The third-order valence-corrected chi connectivity index (χ3v) is 5.05. The third-order valence-electron chi connectivity index (χ3n) is 3.04. The SMILES string of the molecule is O=NC1=Cc2ccc(S(=O)(=O)[O-])cc2CC1(O)S(=O)(=O)[O-].[Na+].[Na+]. The number of benzene rings is 1. The van der Waals surface area contributed by atoms with Gasteiger partial charge < -0.3 is 14.2 Å². The molecule has 23 heavy (non-hydrogen) atoms. The minimum Gasteiger partial charge on any atom is -0.745 e. The van der Waals surface area contributed by atoms with Crippen LogP contribution in [0.5, 0.6) is 0 Å². The molecule has 0 heterocycles. The molecule has 1 aromatic carbocycles. The second-order valence-electron chi connectivity index (χ2n) is 4.35. The molecule has 0 amide bonds. The first-order valence-corrected chi connectivity index (χ1v) is 8.13. The van der Waals surface area contributed by atoms with Gasteiger partial charge in [-0.25, -0.2) is 16.8 Å². The predicted molar refractivity (Wildman–Crippen MR) is 66.5 cm³/mol. The van der Waals surface area contributed by atoms with Gasteiger partial charge in [-0.2, -0.15) is 0 Å². The molecule has 1 N–H and O–H groups in total. The zero-order valence-electron chi connectivity index (χ0n) is 12.1. The second-order valence-corrected chi connectivity index (χ2v) is 7.31. The fraction of sp³-hybridized carbons (Fsp3) is 0.200. The van der Waals surface area contributed by atoms with Gasteiger partial charge in [-0.15, -0.1) is 4.91 Å². The molecule has 13 heteroatoms. The van der Waals surface area contributed by atoms with Gasteiger partial charge in [0.05, 0.1) is 4.90 Å². The molecule has 1 aromatic rings. The van der Waals surface area contributed by atoms with Gasteiger partial charge in [-0.3, -0.25) is 0 Å². The largest absolute Gasteiger partial charge is 1.00 e. The van der Waals surface area contributed by atoms with E-state index in [9.17, 15) is 36.0 Å². The van der Waals surface area contributed by atoms with Crippen molar-refractivity contribution in [2.24, 2.45) is 5.18 Å². The van der Waals surface area contributed by atoms with Crippen molar-refractivity contribution in [1.29, 1.82) is 0 Å². The van der Waals surface area contributed by atoms with Crippen molar-refractivity contribution >= 4 is 26.3 Å². The molecule has 0 radical (unpaired) electrons. The Morgan fingerprint density at radius 3 is 2.13 bits per heavy atom. The average Bonchev–Trinajstić information content (AvgIpc) is 2.34. The Morgan fingerprint density at radius 1 is 1.13 bits per heavy atom. The summed E-state index contributed by atoms with van der Waals surface area (Å²) in [6.07, 6.45) is -0.0302. The summed E-state index contributed by atoms with van der Waals surface area (Å²) < 4.78 is 66.2. The van der Waals surface area contributed by atoms with Crippen molar-refractivity contribution in [1.82, 2.24) is 0 Å². The van der Waals surface area contributed by atoms with Gasteiger partial charge >= 0.3 is 59.1 Å². The van der Waals surface area contributed by atoms with Crippen molar-refractivity contribution < 1.29 is 90.2 Å². The van der Waals surface area contributed by atoms with Crippen LogP contribution < -0.4 is 59.1 Å². The summed E-state index contributed by atoms with van der Waals surface area (Å²) in [5.41, 5.74) is -0.811. The van der Waals surface area contributed by atoms with Crippen LogP contribution in [0.1, 0.15) is 11.1 Å². The Bertz CT molecular complexity index is 865. The zero-order chi connectivity index (χ0) is 16.1. The van der Waals surface area contributed by atoms with Crippen molar-refractivity contribution in [3.8, 4) is 0 Å². The minimum absolute atomic E-state index is 0. The Labute approximate surface area is 176 Å². The molecule has 9 nitrogen and oxygen atoms in total. The van der Waals surface area contributed by atoms with E-state index in [0.29, 0.717) is 0 Å². The summed E-state index contributed by atoms with van der Waals surface area (Å²) in [5.74, 6) is 0. The Morgan fingerprint density at radius 2 is 1.70 bits per heavy atom. The van der Waals surface area contributed by atoms with Gasteiger partial charge in [0.1, 0.15) is 25.9 Å². The molecule has 0 aliphatic heterocycles. The fourth-order valence-electron chi connectivity index (χ4n) is 1.95. The standard InChI is InChI=1S/C10H9NO8S2.2Na/c12-10(21(17,18)19)5-7-3-8(20(14,15)16)2-1-6(7)4-9(10)11-13;;/h1-4,12H,5H2,(H,14,15,16)(H,17,18,19);;/q;2*+1/p-2. The number of nitrogens with zero attached hydrogens (tertiary/aromatic N) is 1. The first kappa shape index (κ1) is 23.3. The molecule has 1 aliphatic carbocycles. The van der Waals surface area contributed by atoms with E-state index in [1.54, 1.807) is 0 Å². The molecule has 1 unspecified atom stereocenters. The van der Waals surface area contributed by atoms with Crippen LogP contribution in [-0.2, 0) is 26.7 Å². The van der Waals surface area contributed by atoms with Crippen LogP contribution in [-0.4, -0.2) is 36.0 Å². The molecule has 1 atom stereocenters. The first-order chi connectivity index (χ1) is 9.49. The minimum atomic E-state index is -5.36. The summed E-state index contributed by atoms with van der Waals surface area (Å²) in [5, 5.41) is 12.3. The van der Waals surface area contributed by atoms with E-state index in [0.717, 1.165) is 24.3 Å². The number of aliphatic hydroxyl groups is 1. The van der Waals surface area contributed by atoms with E-state index in [-0.39, 0.29) is 70.2 Å². The number of hydrogen-bond donors (Lipinski definition) is 1. The summed E-state index contributed by atoms with van der Waals surface area (Å²) in [7, 11) is -10.2. The quantitative estimate of drug-likeness (QED) is 0.308. The van der Waals surface area contributed by atoms with Crippen LogP contribution in [0.15, 0.2) is 34.0 Å². The van der Waals surface area contributed by atoms with E-state index in [1.165, 1.54) is 0 Å². The summed E-state index contributed by atoms with van der Waals surface area (Å²) in [4.78, 5) is 6.88. The van der Waals surface area contributed by atoms with E-state index in [2.05, 4.69) is 5.18 Å². The molecule has 0 saturated carbocycles. The maximum atomic E-state index is 11.1. The third kappa shape index (κ3) is 4.50. The summed E-state index contributed by atoms with van der Waals surface area (Å²) in [6, 6.07) is 2.93. The Hall–Kier alpha value is 0.340. The number of nitroso groups, excluding NO2 is 1. The molecule has 0 aromatic heterocycles. The Kier molecular flexibility index (Phi) is 7.82. The molecule has 114 valence electrons. The number of rotatable bonds is 3. The van der Waals surface area contributed by atoms with Crippen molar-refractivity contribution in [3.05, 3.63) is 39.9 Å². The van der Waals surface area contributed by atoms with Crippen LogP contribution in [0, 0.1) is 4.91 Å². The van der Waals surface area contributed by atoms with Gasteiger partial charge in [0.25, 0.3) is 0 Å². The monoisotopic (exact) mass is 379 g/mol. The van der Waals surface area contributed by atoms with E-state index >= 15 is 0 Å². The second kappa shape index (κ2) is 7.70. The number of fused-ring (bicyclic) bond motifs is 1. The molecule has 2 rings (SSSR count). The Balaban J connectivity index is 0.00000242. The van der Waals surface area contributed by atoms with Crippen LogP contribution in [0.25, 0.3) is 6.08 Å².